The third-order valence-corrected chi connectivity index (χ3v) is 2.85. The fourth-order valence-electron chi connectivity index (χ4n) is 1.89. The minimum Gasteiger partial charge on any atom is -0.454 e. The van der Waals surface area contributed by atoms with Crippen molar-refractivity contribution < 1.29 is 9.47 Å². The fourth-order valence-corrected chi connectivity index (χ4v) is 1.89. The first-order chi connectivity index (χ1) is 8.36. The first kappa shape index (κ1) is 9.97. The Morgan fingerprint density at radius 1 is 0.882 bits per heavy atom. The molecule has 0 aliphatic carbocycles. The molecular formula is C15H12O2. The molecule has 0 saturated heterocycles. The monoisotopic (exact) mass is 224 g/mol. The zero-order chi connectivity index (χ0) is 11.7. The van der Waals surface area contributed by atoms with Crippen molar-refractivity contribution in [3.05, 3.63) is 54.6 Å². The Hall–Kier alpha value is -2.22. The van der Waals surface area contributed by atoms with Crippen molar-refractivity contribution in [2.24, 2.45) is 0 Å². The van der Waals surface area contributed by atoms with E-state index >= 15 is 0 Å². The van der Waals surface area contributed by atoms with Gasteiger partial charge in [-0.3, -0.25) is 0 Å². The predicted molar refractivity (Wildman–Crippen MR) is 68.1 cm³/mol. The molecule has 2 aromatic rings. The molecule has 3 rings (SSSR count). The van der Waals surface area contributed by atoms with Crippen molar-refractivity contribution >= 4 is 6.08 Å². The molecule has 84 valence electrons. The largest absolute Gasteiger partial charge is 0.454 e. The highest BCUT2D eigenvalue weighted by atomic mass is 16.7. The highest BCUT2D eigenvalue weighted by Gasteiger charge is 2.13. The lowest BCUT2D eigenvalue weighted by Gasteiger charge is -2.03. The van der Waals surface area contributed by atoms with Gasteiger partial charge >= 0.3 is 0 Å². The summed E-state index contributed by atoms with van der Waals surface area (Å²) >= 11 is 0. The lowest BCUT2D eigenvalue weighted by atomic mass is 10.0. The van der Waals surface area contributed by atoms with E-state index in [0.29, 0.717) is 6.79 Å². The van der Waals surface area contributed by atoms with Gasteiger partial charge in [-0.2, -0.15) is 0 Å². The van der Waals surface area contributed by atoms with Crippen LogP contribution < -0.4 is 9.47 Å². The molecule has 0 bridgehead atoms. The summed E-state index contributed by atoms with van der Waals surface area (Å²) in [4.78, 5) is 0. The molecule has 1 heterocycles. The molecule has 0 aromatic heterocycles. The Balaban J connectivity index is 2.00. The van der Waals surface area contributed by atoms with E-state index in [1.165, 1.54) is 0 Å². The molecule has 17 heavy (non-hydrogen) atoms. The van der Waals surface area contributed by atoms with Gasteiger partial charge in [0.2, 0.25) is 6.79 Å². The van der Waals surface area contributed by atoms with Crippen molar-refractivity contribution in [2.45, 2.75) is 0 Å². The molecule has 0 unspecified atom stereocenters. The van der Waals surface area contributed by atoms with E-state index in [9.17, 15) is 0 Å². The van der Waals surface area contributed by atoms with Crippen molar-refractivity contribution in [3.63, 3.8) is 0 Å². The fraction of sp³-hybridized carbons (Fsp3) is 0.0667. The molecule has 2 aromatic carbocycles. The summed E-state index contributed by atoms with van der Waals surface area (Å²) in [7, 11) is 0. The Kier molecular flexibility index (Phi) is 2.33. The van der Waals surface area contributed by atoms with Crippen LogP contribution in [0, 0.1) is 0 Å². The minimum absolute atomic E-state index is 0.314. The van der Waals surface area contributed by atoms with Gasteiger partial charge in [0.25, 0.3) is 0 Å². The average molecular weight is 224 g/mol. The number of fused-ring (bicyclic) bond motifs is 1. The summed E-state index contributed by atoms with van der Waals surface area (Å²) in [6.07, 6.45) is 1.84. The molecule has 0 saturated carbocycles. The summed E-state index contributed by atoms with van der Waals surface area (Å²) < 4.78 is 10.7. The summed E-state index contributed by atoms with van der Waals surface area (Å²) in [5.41, 5.74) is 3.41. The van der Waals surface area contributed by atoms with E-state index in [1.807, 2.05) is 36.4 Å². The van der Waals surface area contributed by atoms with Crippen LogP contribution in [0.1, 0.15) is 5.56 Å². The third kappa shape index (κ3) is 1.78. The standard InChI is InChI=1S/C15H12O2/c1-2-11-3-5-12(6-4-11)13-7-8-14-15(9-13)17-10-16-14/h2-9H,1,10H2. The highest BCUT2D eigenvalue weighted by Crippen LogP contribution is 2.35. The molecule has 2 nitrogen and oxygen atoms in total. The Morgan fingerprint density at radius 3 is 2.35 bits per heavy atom. The summed E-state index contributed by atoms with van der Waals surface area (Å²) in [6.45, 7) is 4.06. The van der Waals surface area contributed by atoms with Gasteiger partial charge in [-0.15, -0.1) is 0 Å². The van der Waals surface area contributed by atoms with Crippen LogP contribution in [0.15, 0.2) is 49.0 Å². The van der Waals surface area contributed by atoms with Crippen LogP contribution in [-0.4, -0.2) is 6.79 Å². The zero-order valence-corrected chi connectivity index (χ0v) is 9.35. The number of rotatable bonds is 2. The smallest absolute Gasteiger partial charge is 0.231 e. The average Bonchev–Trinajstić information content (AvgIpc) is 2.86. The second kappa shape index (κ2) is 3.98. The van der Waals surface area contributed by atoms with Gasteiger partial charge in [-0.1, -0.05) is 43.0 Å². The van der Waals surface area contributed by atoms with Crippen LogP contribution in [0.3, 0.4) is 0 Å². The quantitative estimate of drug-likeness (QED) is 0.773. The van der Waals surface area contributed by atoms with E-state index in [0.717, 1.165) is 28.2 Å². The van der Waals surface area contributed by atoms with Crippen LogP contribution in [0.5, 0.6) is 11.5 Å². The van der Waals surface area contributed by atoms with Gasteiger partial charge in [-0.25, -0.2) is 0 Å². The maximum absolute atomic E-state index is 5.37. The van der Waals surface area contributed by atoms with Crippen molar-refractivity contribution in [3.8, 4) is 22.6 Å². The van der Waals surface area contributed by atoms with Gasteiger partial charge in [-0.05, 0) is 28.8 Å². The molecule has 0 atom stereocenters. The first-order valence-corrected chi connectivity index (χ1v) is 5.49. The molecule has 0 amide bonds. The molecule has 0 radical (unpaired) electrons. The van der Waals surface area contributed by atoms with Gasteiger partial charge in [0, 0.05) is 0 Å². The minimum atomic E-state index is 0.314. The molecule has 1 aliphatic rings. The van der Waals surface area contributed by atoms with E-state index in [2.05, 4.69) is 18.7 Å². The summed E-state index contributed by atoms with van der Waals surface area (Å²) in [5.74, 6) is 1.63. The lowest BCUT2D eigenvalue weighted by molar-refractivity contribution is 0.174. The number of hydrogen-bond acceptors (Lipinski definition) is 2. The maximum atomic E-state index is 5.37. The predicted octanol–water partition coefficient (Wildman–Crippen LogP) is 3.73. The van der Waals surface area contributed by atoms with Gasteiger partial charge in [0.05, 0.1) is 0 Å². The van der Waals surface area contributed by atoms with E-state index in [-0.39, 0.29) is 0 Å². The van der Waals surface area contributed by atoms with Crippen molar-refractivity contribution in [1.29, 1.82) is 0 Å². The second-order valence-electron chi connectivity index (χ2n) is 3.89. The molecule has 0 spiro atoms. The van der Waals surface area contributed by atoms with Gasteiger partial charge in [0.1, 0.15) is 0 Å². The lowest BCUT2D eigenvalue weighted by Crippen LogP contribution is -1.92. The second-order valence-corrected chi connectivity index (χ2v) is 3.89. The molecule has 1 aliphatic heterocycles. The molecular weight excluding hydrogens is 212 g/mol. The van der Waals surface area contributed by atoms with Crippen LogP contribution in [0.25, 0.3) is 17.2 Å². The van der Waals surface area contributed by atoms with Crippen molar-refractivity contribution in [1.82, 2.24) is 0 Å². The SMILES string of the molecule is C=Cc1ccc(-c2ccc3c(c2)OCO3)cc1. The normalized spacial score (nSPS) is 12.5. The topological polar surface area (TPSA) is 18.5 Å². The summed E-state index contributed by atoms with van der Waals surface area (Å²) in [6, 6.07) is 14.2. The summed E-state index contributed by atoms with van der Waals surface area (Å²) in [5, 5.41) is 0. The van der Waals surface area contributed by atoms with Crippen LogP contribution in [0.2, 0.25) is 0 Å². The van der Waals surface area contributed by atoms with Crippen LogP contribution >= 0.6 is 0 Å². The van der Waals surface area contributed by atoms with E-state index < -0.39 is 0 Å². The Bertz CT molecular complexity index is 556. The Morgan fingerprint density at radius 2 is 1.59 bits per heavy atom. The molecule has 0 N–H and O–H groups in total. The van der Waals surface area contributed by atoms with Gasteiger partial charge < -0.3 is 9.47 Å². The zero-order valence-electron chi connectivity index (χ0n) is 9.35. The molecule has 0 fully saturated rings. The van der Waals surface area contributed by atoms with E-state index in [4.69, 9.17) is 9.47 Å². The highest BCUT2D eigenvalue weighted by molar-refractivity contribution is 5.68. The third-order valence-electron chi connectivity index (χ3n) is 2.85. The molecule has 2 heteroatoms. The Labute approximate surface area is 100 Å². The maximum Gasteiger partial charge on any atom is 0.231 e. The van der Waals surface area contributed by atoms with E-state index in [1.54, 1.807) is 0 Å². The number of ether oxygens (including phenoxy) is 2. The number of hydrogen-bond donors (Lipinski definition) is 0. The van der Waals surface area contributed by atoms with Gasteiger partial charge in [0.15, 0.2) is 11.5 Å². The van der Waals surface area contributed by atoms with Crippen LogP contribution in [0.4, 0.5) is 0 Å². The first-order valence-electron chi connectivity index (χ1n) is 5.49. The van der Waals surface area contributed by atoms with Crippen molar-refractivity contribution in [2.75, 3.05) is 6.79 Å². The van der Waals surface area contributed by atoms with Crippen LogP contribution in [-0.2, 0) is 0 Å². The number of benzene rings is 2.